The minimum atomic E-state index is -0.465. The van der Waals surface area contributed by atoms with Crippen molar-refractivity contribution in [3.05, 3.63) is 57.6 Å². The Kier molecular flexibility index (Phi) is 8.28. The number of benzene rings is 2. The average Bonchev–Trinajstić information content (AvgIpc) is 2.68. The zero-order valence-corrected chi connectivity index (χ0v) is 17.6. The summed E-state index contributed by atoms with van der Waals surface area (Å²) in [6.07, 6.45) is 0. The third-order valence-corrected chi connectivity index (χ3v) is 4.59. The van der Waals surface area contributed by atoms with Gasteiger partial charge in [0.2, 0.25) is 0 Å². The maximum atomic E-state index is 12.2. The van der Waals surface area contributed by atoms with E-state index in [0.717, 1.165) is 11.1 Å². The van der Waals surface area contributed by atoms with Gasteiger partial charge in [-0.3, -0.25) is 20.4 Å². The van der Waals surface area contributed by atoms with Crippen LogP contribution < -0.4 is 20.3 Å². The third kappa shape index (κ3) is 6.24. The molecular formula is C20H23BrN2O5. The van der Waals surface area contributed by atoms with Gasteiger partial charge in [0.1, 0.15) is 18.1 Å². The highest BCUT2D eigenvalue weighted by atomic mass is 79.9. The monoisotopic (exact) mass is 450 g/mol. The molecule has 0 unspecified atom stereocenters. The van der Waals surface area contributed by atoms with Crippen molar-refractivity contribution in [1.82, 2.24) is 10.9 Å². The van der Waals surface area contributed by atoms with Crippen LogP contribution in [0.5, 0.6) is 11.5 Å². The van der Waals surface area contributed by atoms with E-state index in [1.54, 1.807) is 31.4 Å². The summed E-state index contributed by atoms with van der Waals surface area (Å²) in [5, 5.41) is 0. The number of carbonyl (C=O) groups excluding carboxylic acids is 2. The predicted molar refractivity (Wildman–Crippen MR) is 109 cm³/mol. The smallest absolute Gasteiger partial charge is 0.276 e. The largest absolute Gasteiger partial charge is 0.490 e. The van der Waals surface area contributed by atoms with Gasteiger partial charge >= 0.3 is 0 Å². The SMILES string of the molecule is COCCOc1ccc(C(=O)NNC(=O)COc2cccc(C)c2C)cc1Br. The summed E-state index contributed by atoms with van der Waals surface area (Å²) in [4.78, 5) is 24.1. The molecule has 8 heteroatoms. The first kappa shape index (κ1) is 21.7. The van der Waals surface area contributed by atoms with E-state index in [1.165, 1.54) is 0 Å². The van der Waals surface area contributed by atoms with E-state index >= 15 is 0 Å². The minimum Gasteiger partial charge on any atom is -0.490 e. The molecule has 0 saturated heterocycles. The van der Waals surface area contributed by atoms with Crippen LogP contribution in [-0.2, 0) is 9.53 Å². The number of amides is 2. The summed E-state index contributed by atoms with van der Waals surface area (Å²) in [5.41, 5.74) is 7.10. The zero-order valence-electron chi connectivity index (χ0n) is 16.0. The number of hydrogen-bond donors (Lipinski definition) is 2. The van der Waals surface area contributed by atoms with Gasteiger partial charge in [0, 0.05) is 12.7 Å². The molecule has 0 spiro atoms. The lowest BCUT2D eigenvalue weighted by atomic mass is 10.1. The van der Waals surface area contributed by atoms with E-state index in [9.17, 15) is 9.59 Å². The lowest BCUT2D eigenvalue weighted by Gasteiger charge is -2.12. The van der Waals surface area contributed by atoms with Gasteiger partial charge in [-0.05, 0) is 65.2 Å². The molecule has 0 aliphatic carbocycles. The van der Waals surface area contributed by atoms with Gasteiger partial charge in [-0.1, -0.05) is 12.1 Å². The number of methoxy groups -OCH3 is 1. The van der Waals surface area contributed by atoms with Crippen LogP contribution in [-0.4, -0.2) is 38.7 Å². The van der Waals surface area contributed by atoms with Crippen molar-refractivity contribution in [3.8, 4) is 11.5 Å². The number of nitrogens with one attached hydrogen (secondary N) is 2. The third-order valence-electron chi connectivity index (χ3n) is 3.97. The first-order valence-corrected chi connectivity index (χ1v) is 9.41. The normalized spacial score (nSPS) is 10.3. The molecule has 2 amide bonds. The van der Waals surface area contributed by atoms with Gasteiger partial charge in [0.15, 0.2) is 6.61 Å². The Hall–Kier alpha value is -2.58. The van der Waals surface area contributed by atoms with Gasteiger partial charge in [-0.15, -0.1) is 0 Å². The van der Waals surface area contributed by atoms with Crippen molar-refractivity contribution in [2.45, 2.75) is 13.8 Å². The van der Waals surface area contributed by atoms with Gasteiger partial charge in [0.05, 0.1) is 11.1 Å². The van der Waals surface area contributed by atoms with E-state index in [2.05, 4.69) is 26.8 Å². The Labute approximate surface area is 172 Å². The molecule has 0 saturated carbocycles. The Balaban J connectivity index is 1.83. The molecule has 0 heterocycles. The van der Waals surface area contributed by atoms with Crippen LogP contribution in [0, 0.1) is 13.8 Å². The molecule has 0 aromatic heterocycles. The fourth-order valence-electron chi connectivity index (χ4n) is 2.25. The standard InChI is InChI=1S/C20H23BrN2O5/c1-13-5-4-6-17(14(13)2)28-12-19(24)22-23-20(25)15-7-8-18(16(21)11-15)27-10-9-26-3/h4-8,11H,9-10,12H2,1-3H3,(H,22,24)(H,23,25). The number of carbonyl (C=O) groups is 2. The van der Waals surface area contributed by atoms with Gasteiger partial charge in [0.25, 0.3) is 11.8 Å². The lowest BCUT2D eigenvalue weighted by molar-refractivity contribution is -0.123. The molecule has 150 valence electrons. The minimum absolute atomic E-state index is 0.208. The van der Waals surface area contributed by atoms with Crippen LogP contribution in [0.15, 0.2) is 40.9 Å². The first-order chi connectivity index (χ1) is 13.4. The molecule has 0 aliphatic rings. The van der Waals surface area contributed by atoms with Gasteiger partial charge in [-0.2, -0.15) is 0 Å². The first-order valence-electron chi connectivity index (χ1n) is 8.62. The maximum absolute atomic E-state index is 12.2. The Morgan fingerprint density at radius 1 is 1.00 bits per heavy atom. The van der Waals surface area contributed by atoms with Crippen molar-refractivity contribution in [1.29, 1.82) is 0 Å². The van der Waals surface area contributed by atoms with Gasteiger partial charge in [-0.25, -0.2) is 0 Å². The van der Waals surface area contributed by atoms with E-state index in [4.69, 9.17) is 14.2 Å². The van der Waals surface area contributed by atoms with Crippen LogP contribution in [0.25, 0.3) is 0 Å². The molecule has 7 nitrogen and oxygen atoms in total. The molecule has 0 aliphatic heterocycles. The second kappa shape index (κ2) is 10.7. The summed E-state index contributed by atoms with van der Waals surface area (Å²) in [6.45, 7) is 4.54. The molecule has 2 aromatic rings. The Morgan fingerprint density at radius 3 is 2.50 bits per heavy atom. The van der Waals surface area contributed by atoms with Gasteiger partial charge < -0.3 is 14.2 Å². The molecule has 0 fully saturated rings. The topological polar surface area (TPSA) is 85.9 Å². The van der Waals surface area contributed by atoms with E-state index in [0.29, 0.717) is 34.7 Å². The highest BCUT2D eigenvalue weighted by Crippen LogP contribution is 2.26. The summed E-state index contributed by atoms with van der Waals surface area (Å²) in [6, 6.07) is 10.5. The van der Waals surface area contributed by atoms with E-state index < -0.39 is 11.8 Å². The number of ether oxygens (including phenoxy) is 3. The molecular weight excluding hydrogens is 428 g/mol. The number of hydrazine groups is 1. The molecule has 2 N–H and O–H groups in total. The highest BCUT2D eigenvalue weighted by molar-refractivity contribution is 9.10. The summed E-state index contributed by atoms with van der Waals surface area (Å²) < 4.78 is 16.6. The number of aryl methyl sites for hydroxylation is 1. The maximum Gasteiger partial charge on any atom is 0.276 e. The molecule has 0 radical (unpaired) electrons. The molecule has 2 aromatic carbocycles. The molecule has 0 atom stereocenters. The Morgan fingerprint density at radius 2 is 1.79 bits per heavy atom. The number of halogens is 1. The second-order valence-corrected chi connectivity index (χ2v) is 6.83. The van der Waals surface area contributed by atoms with E-state index in [1.807, 2.05) is 26.0 Å². The lowest BCUT2D eigenvalue weighted by Crippen LogP contribution is -2.43. The molecule has 2 rings (SSSR count). The van der Waals surface area contributed by atoms with Crippen molar-refractivity contribution >= 4 is 27.7 Å². The predicted octanol–water partition coefficient (Wildman–Crippen LogP) is 2.93. The zero-order chi connectivity index (χ0) is 20.5. The number of rotatable bonds is 8. The fourth-order valence-corrected chi connectivity index (χ4v) is 2.75. The van der Waals surface area contributed by atoms with Crippen molar-refractivity contribution in [2.75, 3.05) is 26.9 Å². The molecule has 28 heavy (non-hydrogen) atoms. The summed E-state index contributed by atoms with van der Waals surface area (Å²) in [7, 11) is 1.59. The van der Waals surface area contributed by atoms with Crippen LogP contribution in [0.2, 0.25) is 0 Å². The Bertz CT molecular complexity index is 841. The van der Waals surface area contributed by atoms with Crippen molar-refractivity contribution in [2.24, 2.45) is 0 Å². The molecule has 0 bridgehead atoms. The summed E-state index contributed by atoms with van der Waals surface area (Å²) in [5.74, 6) is 0.311. The number of hydrogen-bond acceptors (Lipinski definition) is 5. The summed E-state index contributed by atoms with van der Waals surface area (Å²) >= 11 is 3.36. The highest BCUT2D eigenvalue weighted by Gasteiger charge is 2.11. The van der Waals surface area contributed by atoms with Crippen LogP contribution >= 0.6 is 15.9 Å². The second-order valence-electron chi connectivity index (χ2n) is 5.98. The fraction of sp³-hybridized carbons (Fsp3) is 0.300. The van der Waals surface area contributed by atoms with Crippen molar-refractivity contribution < 1.29 is 23.8 Å². The van der Waals surface area contributed by atoms with Crippen LogP contribution in [0.1, 0.15) is 21.5 Å². The average molecular weight is 451 g/mol. The van der Waals surface area contributed by atoms with Crippen LogP contribution in [0.4, 0.5) is 0 Å². The quantitative estimate of drug-likeness (QED) is 0.476. The van der Waals surface area contributed by atoms with Crippen LogP contribution in [0.3, 0.4) is 0 Å². The van der Waals surface area contributed by atoms with Crippen molar-refractivity contribution in [3.63, 3.8) is 0 Å². The van der Waals surface area contributed by atoms with E-state index in [-0.39, 0.29) is 6.61 Å².